The lowest BCUT2D eigenvalue weighted by Gasteiger charge is -2.05. The first kappa shape index (κ1) is 16.2. The quantitative estimate of drug-likeness (QED) is 0.814. The van der Waals surface area contributed by atoms with E-state index in [2.05, 4.69) is 20.6 Å². The fraction of sp³-hybridized carbons (Fsp3) is 0.533. The van der Waals surface area contributed by atoms with Gasteiger partial charge in [-0.05, 0) is 39.9 Å². The minimum Gasteiger partial charge on any atom is -0.309 e. The summed E-state index contributed by atoms with van der Waals surface area (Å²) in [6.45, 7) is 5.62. The maximum absolute atomic E-state index is 12.0. The molecule has 0 aliphatic carbocycles. The Morgan fingerprint density at radius 1 is 1.45 bits per heavy atom. The van der Waals surface area contributed by atoms with E-state index in [9.17, 15) is 4.79 Å². The molecule has 1 amide bonds. The number of amides is 1. The Bertz CT molecular complexity index is 628. The summed E-state index contributed by atoms with van der Waals surface area (Å²) in [6.07, 6.45) is 3.12. The molecule has 0 saturated heterocycles. The molecule has 0 aliphatic heterocycles. The molecule has 2 rings (SSSR count). The number of carbonyl (C=O) groups excluding carboxylic acids is 1. The minimum atomic E-state index is -0.0356. The molecule has 0 spiro atoms. The lowest BCUT2D eigenvalue weighted by atomic mass is 10.1. The van der Waals surface area contributed by atoms with E-state index >= 15 is 0 Å². The lowest BCUT2D eigenvalue weighted by molar-refractivity contribution is -0.116. The maximum atomic E-state index is 12.0. The van der Waals surface area contributed by atoms with Crippen LogP contribution in [0.25, 0.3) is 0 Å². The van der Waals surface area contributed by atoms with Crippen molar-refractivity contribution >= 4 is 11.7 Å². The molecule has 2 aromatic rings. The molecule has 2 N–H and O–H groups in total. The molecule has 7 heteroatoms. The van der Waals surface area contributed by atoms with Crippen molar-refractivity contribution in [1.29, 1.82) is 0 Å². The third-order valence-electron chi connectivity index (χ3n) is 3.38. The van der Waals surface area contributed by atoms with E-state index in [0.29, 0.717) is 18.7 Å². The summed E-state index contributed by atoms with van der Waals surface area (Å²) in [6, 6.07) is 1.86. The summed E-state index contributed by atoms with van der Waals surface area (Å²) < 4.78 is 1.89. The molecule has 2 heterocycles. The van der Waals surface area contributed by atoms with Crippen LogP contribution in [0.4, 0.5) is 5.82 Å². The van der Waals surface area contributed by atoms with Crippen molar-refractivity contribution in [2.24, 2.45) is 0 Å². The van der Waals surface area contributed by atoms with Gasteiger partial charge in [0.2, 0.25) is 5.91 Å². The van der Waals surface area contributed by atoms with Gasteiger partial charge in [0.25, 0.3) is 0 Å². The minimum absolute atomic E-state index is 0.0356. The molecule has 2 aromatic heterocycles. The normalized spacial score (nSPS) is 11.1. The van der Waals surface area contributed by atoms with Gasteiger partial charge in [-0.1, -0.05) is 0 Å². The Labute approximate surface area is 130 Å². The Kier molecular flexibility index (Phi) is 5.32. The Balaban J connectivity index is 1.84. The summed E-state index contributed by atoms with van der Waals surface area (Å²) in [7, 11) is 3.97. The van der Waals surface area contributed by atoms with Crippen LogP contribution in [0, 0.1) is 6.92 Å². The first-order chi connectivity index (χ1) is 10.5. The van der Waals surface area contributed by atoms with Crippen molar-refractivity contribution in [3.05, 3.63) is 29.2 Å². The van der Waals surface area contributed by atoms with Crippen molar-refractivity contribution in [2.45, 2.75) is 39.8 Å². The van der Waals surface area contributed by atoms with E-state index in [1.807, 2.05) is 49.8 Å². The molecule has 0 aliphatic rings. The van der Waals surface area contributed by atoms with E-state index < -0.39 is 0 Å². The molecule has 0 saturated carbocycles. The first-order valence-electron chi connectivity index (χ1n) is 7.49. The van der Waals surface area contributed by atoms with Gasteiger partial charge < -0.3 is 10.2 Å². The molecule has 0 unspecified atom stereocenters. The van der Waals surface area contributed by atoms with Gasteiger partial charge in [-0.25, -0.2) is 0 Å². The lowest BCUT2D eigenvalue weighted by Crippen LogP contribution is -2.12. The Morgan fingerprint density at radius 2 is 2.23 bits per heavy atom. The number of nitrogens with one attached hydrogen (secondary N) is 2. The number of rotatable bonds is 7. The third kappa shape index (κ3) is 4.42. The zero-order valence-corrected chi connectivity index (χ0v) is 13.7. The van der Waals surface area contributed by atoms with E-state index in [1.54, 1.807) is 0 Å². The van der Waals surface area contributed by atoms with E-state index in [1.165, 1.54) is 0 Å². The molecule has 22 heavy (non-hydrogen) atoms. The average molecular weight is 304 g/mol. The summed E-state index contributed by atoms with van der Waals surface area (Å²) in [5.41, 5.74) is 3.08. The van der Waals surface area contributed by atoms with Crippen LogP contribution in [0.1, 0.15) is 30.3 Å². The van der Waals surface area contributed by atoms with Crippen LogP contribution in [0.3, 0.4) is 0 Å². The van der Waals surface area contributed by atoms with E-state index in [4.69, 9.17) is 0 Å². The van der Waals surface area contributed by atoms with Gasteiger partial charge in [0.05, 0.1) is 11.4 Å². The maximum Gasteiger partial charge on any atom is 0.225 e. The van der Waals surface area contributed by atoms with Gasteiger partial charge in [-0.3, -0.25) is 14.6 Å². The van der Waals surface area contributed by atoms with Crippen molar-refractivity contribution in [3.8, 4) is 0 Å². The molecule has 0 aromatic carbocycles. The van der Waals surface area contributed by atoms with Crippen LogP contribution in [0.2, 0.25) is 0 Å². The highest BCUT2D eigenvalue weighted by atomic mass is 16.1. The summed E-state index contributed by atoms with van der Waals surface area (Å²) >= 11 is 0. The highest BCUT2D eigenvalue weighted by Crippen LogP contribution is 2.11. The van der Waals surface area contributed by atoms with Crippen LogP contribution in [-0.2, 0) is 24.3 Å². The second kappa shape index (κ2) is 7.22. The number of aryl methyl sites for hydroxylation is 3. The van der Waals surface area contributed by atoms with Crippen molar-refractivity contribution in [3.63, 3.8) is 0 Å². The highest BCUT2D eigenvalue weighted by molar-refractivity contribution is 5.89. The number of aromatic amines is 1. The zero-order valence-electron chi connectivity index (χ0n) is 13.7. The smallest absolute Gasteiger partial charge is 0.225 e. The second-order valence-electron chi connectivity index (χ2n) is 5.66. The van der Waals surface area contributed by atoms with Crippen LogP contribution in [0.5, 0.6) is 0 Å². The molecule has 7 nitrogen and oxygen atoms in total. The highest BCUT2D eigenvalue weighted by Gasteiger charge is 2.09. The zero-order chi connectivity index (χ0) is 16.1. The standard InChI is InChI=1S/C15H24N6O/c1-5-21-9-12(11(2)19-21)6-7-15(22)16-14-8-13(17-18-14)10-20(3)4/h8-9H,5-7,10H2,1-4H3,(H2,16,17,18,22). The molecular weight excluding hydrogens is 280 g/mol. The largest absolute Gasteiger partial charge is 0.309 e. The third-order valence-corrected chi connectivity index (χ3v) is 3.38. The number of H-pyrrole nitrogens is 1. The molecular formula is C15H24N6O. The van der Waals surface area contributed by atoms with Crippen LogP contribution >= 0.6 is 0 Å². The van der Waals surface area contributed by atoms with Gasteiger partial charge >= 0.3 is 0 Å². The number of carbonyl (C=O) groups is 1. The van der Waals surface area contributed by atoms with Gasteiger partial charge in [-0.15, -0.1) is 0 Å². The molecule has 0 bridgehead atoms. The van der Waals surface area contributed by atoms with Crippen molar-refractivity contribution < 1.29 is 4.79 Å². The van der Waals surface area contributed by atoms with Gasteiger partial charge in [0.1, 0.15) is 0 Å². The van der Waals surface area contributed by atoms with E-state index in [-0.39, 0.29) is 5.91 Å². The predicted octanol–water partition coefficient (Wildman–Crippen LogP) is 1.57. The number of nitrogens with zero attached hydrogens (tertiary/aromatic N) is 4. The number of hydrogen-bond donors (Lipinski definition) is 2. The monoisotopic (exact) mass is 304 g/mol. The molecule has 120 valence electrons. The number of aromatic nitrogens is 4. The number of hydrogen-bond acceptors (Lipinski definition) is 4. The van der Waals surface area contributed by atoms with Gasteiger partial charge in [0.15, 0.2) is 5.82 Å². The number of anilines is 1. The van der Waals surface area contributed by atoms with Gasteiger partial charge in [0, 0.05) is 31.8 Å². The average Bonchev–Trinajstić information content (AvgIpc) is 3.02. The van der Waals surface area contributed by atoms with Crippen molar-refractivity contribution in [2.75, 3.05) is 19.4 Å². The second-order valence-corrected chi connectivity index (χ2v) is 5.66. The predicted molar refractivity (Wildman–Crippen MR) is 85.6 cm³/mol. The SMILES string of the molecule is CCn1cc(CCC(=O)Nc2cc(CN(C)C)[nH]n2)c(C)n1. The molecule has 0 atom stereocenters. The van der Waals surface area contributed by atoms with Crippen LogP contribution < -0.4 is 5.32 Å². The summed E-state index contributed by atoms with van der Waals surface area (Å²) in [5.74, 6) is 0.536. The topological polar surface area (TPSA) is 78.8 Å². The summed E-state index contributed by atoms with van der Waals surface area (Å²) in [4.78, 5) is 14.0. The first-order valence-corrected chi connectivity index (χ1v) is 7.49. The van der Waals surface area contributed by atoms with Crippen molar-refractivity contribution in [1.82, 2.24) is 24.9 Å². The fourth-order valence-corrected chi connectivity index (χ4v) is 2.27. The Morgan fingerprint density at radius 3 is 2.86 bits per heavy atom. The molecule has 0 fully saturated rings. The van der Waals surface area contributed by atoms with Gasteiger partial charge in [-0.2, -0.15) is 10.2 Å². The summed E-state index contributed by atoms with van der Waals surface area (Å²) in [5, 5.41) is 14.2. The van der Waals surface area contributed by atoms with Crippen LogP contribution in [0.15, 0.2) is 12.3 Å². The Hall–Kier alpha value is -2.15. The fourth-order valence-electron chi connectivity index (χ4n) is 2.27. The molecule has 0 radical (unpaired) electrons. The van der Waals surface area contributed by atoms with E-state index in [0.717, 1.165) is 30.0 Å². The van der Waals surface area contributed by atoms with Crippen LogP contribution in [-0.4, -0.2) is 44.9 Å².